The zero-order valence-corrected chi connectivity index (χ0v) is 14.1. The van der Waals surface area contributed by atoms with Gasteiger partial charge in [-0.25, -0.2) is 0 Å². The highest BCUT2D eigenvalue weighted by Gasteiger charge is 2.03. The molecule has 0 bridgehead atoms. The van der Waals surface area contributed by atoms with E-state index < -0.39 is 0 Å². The molecule has 5 heteroatoms. The quantitative estimate of drug-likeness (QED) is 0.650. The minimum Gasteiger partial charge on any atom is -0.492 e. The number of carbonyl (C=O) groups is 1. The number of nitrogens with two attached hydrogens (primary N) is 1. The Morgan fingerprint density at radius 3 is 2.65 bits per heavy atom. The van der Waals surface area contributed by atoms with Gasteiger partial charge in [-0.1, -0.05) is 12.5 Å². The van der Waals surface area contributed by atoms with Gasteiger partial charge in [0.25, 0.3) is 0 Å². The lowest BCUT2D eigenvalue weighted by Gasteiger charge is -2.07. The molecule has 0 atom stereocenters. The fourth-order valence-electron chi connectivity index (χ4n) is 2.25. The maximum atomic E-state index is 11.9. The van der Waals surface area contributed by atoms with Gasteiger partial charge in [0.15, 0.2) is 0 Å². The molecule has 1 amide bonds. The van der Waals surface area contributed by atoms with Crippen LogP contribution in [0.5, 0.6) is 5.75 Å². The van der Waals surface area contributed by atoms with E-state index in [0.717, 1.165) is 37.1 Å². The lowest BCUT2D eigenvalue weighted by molar-refractivity contribution is -0.116. The second kappa shape index (κ2) is 10.0. The topological polar surface area (TPSA) is 64.3 Å². The predicted octanol–water partition coefficient (Wildman–Crippen LogP) is 3.83. The maximum absolute atomic E-state index is 11.9. The van der Waals surface area contributed by atoms with E-state index in [9.17, 15) is 4.79 Å². The molecule has 0 saturated heterocycles. The van der Waals surface area contributed by atoms with Crippen LogP contribution in [-0.4, -0.2) is 19.1 Å². The molecule has 0 fully saturated rings. The van der Waals surface area contributed by atoms with Crippen LogP contribution in [-0.2, 0) is 11.2 Å². The largest absolute Gasteiger partial charge is 0.492 e. The third-order valence-corrected chi connectivity index (χ3v) is 4.37. The second-order valence-electron chi connectivity index (χ2n) is 5.35. The van der Waals surface area contributed by atoms with Crippen molar-refractivity contribution < 1.29 is 9.53 Å². The van der Waals surface area contributed by atoms with Gasteiger partial charge in [-0.2, -0.15) is 0 Å². The van der Waals surface area contributed by atoms with E-state index in [1.165, 1.54) is 4.88 Å². The first-order chi connectivity index (χ1) is 11.3. The molecule has 124 valence electrons. The Balaban J connectivity index is 1.60. The summed E-state index contributed by atoms with van der Waals surface area (Å²) in [6.07, 6.45) is 4.83. The number of hydrogen-bond acceptors (Lipinski definition) is 4. The van der Waals surface area contributed by atoms with E-state index in [1.807, 2.05) is 24.3 Å². The van der Waals surface area contributed by atoms with E-state index in [1.54, 1.807) is 11.3 Å². The normalized spacial score (nSPS) is 10.5. The number of rotatable bonds is 10. The third kappa shape index (κ3) is 6.84. The Kier molecular flexibility index (Phi) is 7.63. The van der Waals surface area contributed by atoms with Gasteiger partial charge < -0.3 is 15.8 Å². The fourth-order valence-corrected chi connectivity index (χ4v) is 3.00. The van der Waals surface area contributed by atoms with Crippen molar-refractivity contribution in [3.05, 3.63) is 46.7 Å². The number of unbranched alkanes of at least 4 members (excludes halogenated alkanes) is 2. The molecule has 2 rings (SSSR count). The van der Waals surface area contributed by atoms with Crippen LogP contribution in [0.15, 0.2) is 41.8 Å². The molecule has 1 aromatic carbocycles. The fraction of sp³-hybridized carbons (Fsp3) is 0.389. The van der Waals surface area contributed by atoms with E-state index in [-0.39, 0.29) is 5.91 Å². The van der Waals surface area contributed by atoms with Gasteiger partial charge in [0.05, 0.1) is 0 Å². The highest BCUT2D eigenvalue weighted by molar-refractivity contribution is 7.09. The standard InChI is InChI=1S/C18H24N2O2S/c19-12-13-22-16-10-8-15(9-11-16)20-18(21)7-3-1-2-5-17-6-4-14-23-17/h4,6,8-11,14H,1-3,5,7,12-13,19H2,(H,20,21). The minimum atomic E-state index is 0.0664. The van der Waals surface area contributed by atoms with Gasteiger partial charge in [0.2, 0.25) is 5.91 Å². The number of hydrogen-bond donors (Lipinski definition) is 2. The summed E-state index contributed by atoms with van der Waals surface area (Å²) >= 11 is 1.80. The van der Waals surface area contributed by atoms with E-state index >= 15 is 0 Å². The summed E-state index contributed by atoms with van der Waals surface area (Å²) in [5, 5.41) is 5.02. The summed E-state index contributed by atoms with van der Waals surface area (Å²) < 4.78 is 5.40. The van der Waals surface area contributed by atoms with Crippen LogP contribution in [0.1, 0.15) is 30.6 Å². The number of ether oxygens (including phenoxy) is 1. The van der Waals surface area contributed by atoms with Crippen molar-refractivity contribution in [2.45, 2.75) is 32.1 Å². The Hall–Kier alpha value is -1.85. The molecule has 0 aliphatic carbocycles. The first-order valence-corrected chi connectivity index (χ1v) is 8.91. The number of benzene rings is 1. The number of carbonyl (C=O) groups excluding carboxylic acids is 1. The Labute approximate surface area is 141 Å². The van der Waals surface area contributed by atoms with Crippen molar-refractivity contribution in [3.63, 3.8) is 0 Å². The highest BCUT2D eigenvalue weighted by atomic mass is 32.1. The number of thiophene rings is 1. The van der Waals surface area contributed by atoms with E-state index in [2.05, 4.69) is 22.8 Å². The molecule has 4 nitrogen and oxygen atoms in total. The van der Waals surface area contributed by atoms with Gasteiger partial charge in [0.1, 0.15) is 12.4 Å². The highest BCUT2D eigenvalue weighted by Crippen LogP contribution is 2.16. The van der Waals surface area contributed by atoms with Crippen LogP contribution in [0.2, 0.25) is 0 Å². The van der Waals surface area contributed by atoms with Crippen molar-refractivity contribution in [1.82, 2.24) is 0 Å². The first kappa shape index (κ1) is 17.5. The minimum absolute atomic E-state index is 0.0664. The summed E-state index contributed by atoms with van der Waals surface area (Å²) in [6, 6.07) is 11.6. The van der Waals surface area contributed by atoms with E-state index in [4.69, 9.17) is 10.5 Å². The maximum Gasteiger partial charge on any atom is 0.224 e. The number of anilines is 1. The first-order valence-electron chi connectivity index (χ1n) is 8.03. The van der Waals surface area contributed by atoms with Crippen LogP contribution >= 0.6 is 11.3 Å². The molecule has 2 aromatic rings. The monoisotopic (exact) mass is 332 g/mol. The molecular weight excluding hydrogens is 308 g/mol. The SMILES string of the molecule is NCCOc1ccc(NC(=O)CCCCCc2cccs2)cc1. The Morgan fingerprint density at radius 2 is 1.96 bits per heavy atom. The molecule has 23 heavy (non-hydrogen) atoms. The molecule has 0 saturated carbocycles. The van der Waals surface area contributed by atoms with Gasteiger partial charge in [-0.05, 0) is 55.0 Å². The number of amides is 1. The van der Waals surface area contributed by atoms with Crippen molar-refractivity contribution in [2.75, 3.05) is 18.5 Å². The van der Waals surface area contributed by atoms with Crippen molar-refractivity contribution >= 4 is 22.9 Å². The smallest absolute Gasteiger partial charge is 0.224 e. The number of nitrogens with one attached hydrogen (secondary N) is 1. The van der Waals surface area contributed by atoms with Gasteiger partial charge in [-0.3, -0.25) is 4.79 Å². The van der Waals surface area contributed by atoms with Crippen LogP contribution in [0, 0.1) is 0 Å². The summed E-state index contributed by atoms with van der Waals surface area (Å²) in [5.41, 5.74) is 6.19. The van der Waals surface area contributed by atoms with Crippen LogP contribution in [0.25, 0.3) is 0 Å². The second-order valence-corrected chi connectivity index (χ2v) is 6.38. The van der Waals surface area contributed by atoms with Gasteiger partial charge in [-0.15, -0.1) is 11.3 Å². The van der Waals surface area contributed by atoms with Crippen molar-refractivity contribution in [1.29, 1.82) is 0 Å². The molecule has 0 aliphatic rings. The Bertz CT molecular complexity index is 567. The van der Waals surface area contributed by atoms with E-state index in [0.29, 0.717) is 19.6 Å². The molecule has 0 unspecified atom stereocenters. The molecule has 0 radical (unpaired) electrons. The molecule has 1 aromatic heterocycles. The summed E-state index contributed by atoms with van der Waals surface area (Å²) in [6.45, 7) is 0.988. The summed E-state index contributed by atoms with van der Waals surface area (Å²) in [4.78, 5) is 13.3. The molecule has 0 spiro atoms. The van der Waals surface area contributed by atoms with Crippen LogP contribution < -0.4 is 15.8 Å². The van der Waals surface area contributed by atoms with Gasteiger partial charge >= 0.3 is 0 Å². The number of aryl methyl sites for hydroxylation is 1. The van der Waals surface area contributed by atoms with Gasteiger partial charge in [0, 0.05) is 23.5 Å². The zero-order chi connectivity index (χ0) is 16.3. The van der Waals surface area contributed by atoms with Crippen LogP contribution in [0.4, 0.5) is 5.69 Å². The summed E-state index contributed by atoms with van der Waals surface area (Å²) in [7, 11) is 0. The average Bonchev–Trinajstić information content (AvgIpc) is 3.07. The zero-order valence-electron chi connectivity index (χ0n) is 13.3. The molecule has 1 heterocycles. The Morgan fingerprint density at radius 1 is 1.13 bits per heavy atom. The molecular formula is C18H24N2O2S. The third-order valence-electron chi connectivity index (χ3n) is 3.43. The van der Waals surface area contributed by atoms with Crippen LogP contribution in [0.3, 0.4) is 0 Å². The lowest BCUT2D eigenvalue weighted by atomic mass is 10.1. The summed E-state index contributed by atoms with van der Waals surface area (Å²) in [5.74, 6) is 0.832. The predicted molar refractivity (Wildman–Crippen MR) is 96.1 cm³/mol. The molecule has 0 aliphatic heterocycles. The van der Waals surface area contributed by atoms with Crippen molar-refractivity contribution in [3.8, 4) is 5.75 Å². The lowest BCUT2D eigenvalue weighted by Crippen LogP contribution is -2.12. The molecule has 3 N–H and O–H groups in total. The van der Waals surface area contributed by atoms with Crippen molar-refractivity contribution in [2.24, 2.45) is 5.73 Å². The average molecular weight is 332 g/mol.